The van der Waals surface area contributed by atoms with Crippen molar-refractivity contribution in [1.29, 1.82) is 0 Å². The number of sulfone groups is 1. The van der Waals surface area contributed by atoms with Gasteiger partial charge in [-0.05, 0) is 36.3 Å². The van der Waals surface area contributed by atoms with E-state index in [1.807, 2.05) is 30.3 Å². The molecular weight excluding hydrogens is 492 g/mol. The fourth-order valence-corrected chi connectivity index (χ4v) is 6.48. The number of nitrogens with zero attached hydrogens (tertiary/aromatic N) is 2. The predicted octanol–water partition coefficient (Wildman–Crippen LogP) is 4.22. The molecule has 180 valence electrons. The third kappa shape index (κ3) is 4.61. The van der Waals surface area contributed by atoms with Crippen LogP contribution in [0, 0.1) is 6.92 Å². The van der Waals surface area contributed by atoms with Gasteiger partial charge in [-0.15, -0.1) is 0 Å². The second-order valence-electron chi connectivity index (χ2n) is 8.48. The van der Waals surface area contributed by atoms with Gasteiger partial charge in [0.2, 0.25) is 0 Å². The largest absolute Gasteiger partial charge is 0.458 e. The van der Waals surface area contributed by atoms with E-state index < -0.39 is 21.4 Å². The van der Waals surface area contributed by atoms with Crippen LogP contribution in [0.1, 0.15) is 29.3 Å². The van der Waals surface area contributed by atoms with E-state index in [1.54, 1.807) is 13.0 Å². The Bertz CT molecular complexity index is 1670. The van der Waals surface area contributed by atoms with Crippen molar-refractivity contribution in [2.45, 2.75) is 26.0 Å². The van der Waals surface area contributed by atoms with Crippen molar-refractivity contribution in [1.82, 2.24) is 9.78 Å². The van der Waals surface area contributed by atoms with Crippen molar-refractivity contribution in [3.63, 3.8) is 0 Å². The van der Waals surface area contributed by atoms with E-state index in [9.17, 15) is 18.0 Å². The molecule has 35 heavy (non-hydrogen) atoms. The minimum atomic E-state index is -3.10. The Morgan fingerprint density at radius 2 is 2.09 bits per heavy atom. The van der Waals surface area contributed by atoms with E-state index in [0.29, 0.717) is 34.2 Å². The standard InChI is InChI=1S/C25H21ClN2O6S/c1-15-19(25(26)28(27-15)18-10-11-35(31,32)14-18)7-9-22(29)33-13-17-12-23(30)34-21-8-6-16-4-2-3-5-20(16)24(17)21/h2-9,12,18H,10-11,13-14H2,1H3. The second kappa shape index (κ2) is 8.98. The van der Waals surface area contributed by atoms with Crippen LogP contribution in [0.4, 0.5) is 0 Å². The molecule has 1 unspecified atom stereocenters. The van der Waals surface area contributed by atoms with Gasteiger partial charge >= 0.3 is 11.6 Å². The number of fused-ring (bicyclic) bond motifs is 3. The van der Waals surface area contributed by atoms with E-state index in [2.05, 4.69) is 5.10 Å². The number of benzene rings is 2. The molecular formula is C25H21ClN2O6S. The summed E-state index contributed by atoms with van der Waals surface area (Å²) in [5, 5.41) is 7.22. The molecule has 0 radical (unpaired) electrons. The lowest BCUT2D eigenvalue weighted by Gasteiger charge is -2.09. The first kappa shape index (κ1) is 23.3. The smallest absolute Gasteiger partial charge is 0.336 e. The fraction of sp³-hybridized carbons (Fsp3) is 0.240. The molecule has 0 aliphatic carbocycles. The van der Waals surface area contributed by atoms with Crippen LogP contribution in [0.3, 0.4) is 0 Å². The average molecular weight is 513 g/mol. The molecule has 2 aromatic carbocycles. The predicted molar refractivity (Wildman–Crippen MR) is 133 cm³/mol. The summed E-state index contributed by atoms with van der Waals surface area (Å²) >= 11 is 6.45. The summed E-state index contributed by atoms with van der Waals surface area (Å²) in [6.07, 6.45) is 3.18. The molecule has 0 bridgehead atoms. The first-order valence-corrected chi connectivity index (χ1v) is 13.2. The molecule has 0 N–H and O–H groups in total. The summed E-state index contributed by atoms with van der Waals surface area (Å²) in [6, 6.07) is 12.3. The number of carbonyl (C=O) groups is 1. The van der Waals surface area contributed by atoms with Crippen molar-refractivity contribution < 1.29 is 22.4 Å². The Morgan fingerprint density at radius 1 is 1.29 bits per heavy atom. The van der Waals surface area contributed by atoms with Crippen LogP contribution in [0.15, 0.2) is 57.8 Å². The lowest BCUT2D eigenvalue weighted by molar-refractivity contribution is -0.138. The molecule has 1 aliphatic rings. The summed E-state index contributed by atoms with van der Waals surface area (Å²) in [6.45, 7) is 1.61. The maximum absolute atomic E-state index is 12.5. The van der Waals surface area contributed by atoms with Crippen molar-refractivity contribution in [2.75, 3.05) is 11.5 Å². The monoisotopic (exact) mass is 512 g/mol. The Kier molecular flexibility index (Phi) is 5.98. The number of ether oxygens (including phenoxy) is 1. The third-order valence-electron chi connectivity index (χ3n) is 6.10. The Labute approximate surface area is 205 Å². The number of aromatic nitrogens is 2. The number of rotatable bonds is 5. The van der Waals surface area contributed by atoms with Crippen molar-refractivity contribution in [2.24, 2.45) is 0 Å². The molecule has 5 rings (SSSR count). The van der Waals surface area contributed by atoms with Gasteiger partial charge in [0.15, 0.2) is 9.84 Å². The van der Waals surface area contributed by atoms with Gasteiger partial charge in [-0.3, -0.25) is 0 Å². The molecule has 2 aromatic heterocycles. The fourth-order valence-electron chi connectivity index (χ4n) is 4.41. The van der Waals surface area contributed by atoms with Gasteiger partial charge in [-0.25, -0.2) is 22.7 Å². The van der Waals surface area contributed by atoms with Gasteiger partial charge in [0.1, 0.15) is 17.3 Å². The van der Waals surface area contributed by atoms with Crippen LogP contribution < -0.4 is 5.63 Å². The SMILES string of the molecule is Cc1nn(C2CCS(=O)(=O)C2)c(Cl)c1C=CC(=O)OCc1cc(=O)oc2ccc3ccccc3c12. The van der Waals surface area contributed by atoms with Crippen molar-refractivity contribution in [3.05, 3.63) is 80.9 Å². The molecule has 8 nitrogen and oxygen atoms in total. The van der Waals surface area contributed by atoms with Crippen LogP contribution >= 0.6 is 11.6 Å². The highest BCUT2D eigenvalue weighted by molar-refractivity contribution is 7.91. The summed E-state index contributed by atoms with van der Waals surface area (Å²) in [7, 11) is -3.10. The van der Waals surface area contributed by atoms with E-state index in [4.69, 9.17) is 20.8 Å². The second-order valence-corrected chi connectivity index (χ2v) is 11.1. The van der Waals surface area contributed by atoms with E-state index in [-0.39, 0.29) is 29.3 Å². The highest BCUT2D eigenvalue weighted by atomic mass is 35.5. The van der Waals surface area contributed by atoms with Gasteiger partial charge < -0.3 is 9.15 Å². The molecule has 4 aromatic rings. The first-order valence-electron chi connectivity index (χ1n) is 11.0. The molecule has 1 atom stereocenters. The molecule has 0 spiro atoms. The molecule has 1 fully saturated rings. The quantitative estimate of drug-likeness (QED) is 0.170. The Morgan fingerprint density at radius 3 is 2.86 bits per heavy atom. The lowest BCUT2D eigenvalue weighted by Crippen LogP contribution is -2.12. The molecule has 3 heterocycles. The highest BCUT2D eigenvalue weighted by Crippen LogP contribution is 2.31. The molecule has 0 saturated carbocycles. The summed E-state index contributed by atoms with van der Waals surface area (Å²) in [5.74, 6) is -0.530. The van der Waals surface area contributed by atoms with Crippen LogP contribution in [-0.4, -0.2) is 35.7 Å². The molecule has 10 heteroatoms. The van der Waals surface area contributed by atoms with Crippen molar-refractivity contribution in [3.8, 4) is 0 Å². The molecule has 0 amide bonds. The Balaban J connectivity index is 1.36. The molecule has 1 aliphatic heterocycles. The Hall–Kier alpha value is -3.43. The first-order chi connectivity index (χ1) is 16.7. The third-order valence-corrected chi connectivity index (χ3v) is 8.22. The van der Waals surface area contributed by atoms with Crippen LogP contribution in [-0.2, 0) is 26.0 Å². The van der Waals surface area contributed by atoms with Gasteiger partial charge in [0.25, 0.3) is 0 Å². The minimum Gasteiger partial charge on any atom is -0.458 e. The van der Waals surface area contributed by atoms with Crippen LogP contribution in [0.2, 0.25) is 5.15 Å². The zero-order valence-corrected chi connectivity index (χ0v) is 20.3. The van der Waals surface area contributed by atoms with Gasteiger partial charge in [0, 0.05) is 28.7 Å². The number of aryl methyl sites for hydroxylation is 1. The van der Waals surface area contributed by atoms with Gasteiger partial charge in [0.05, 0.1) is 23.2 Å². The van der Waals surface area contributed by atoms with Crippen molar-refractivity contribution >= 4 is 55.2 Å². The summed E-state index contributed by atoms with van der Waals surface area (Å²) in [4.78, 5) is 24.5. The average Bonchev–Trinajstić information content (AvgIpc) is 3.33. The van der Waals surface area contributed by atoms with E-state index >= 15 is 0 Å². The molecule has 1 saturated heterocycles. The maximum Gasteiger partial charge on any atom is 0.336 e. The normalized spacial score (nSPS) is 17.5. The van der Waals surface area contributed by atoms with Crippen LogP contribution in [0.25, 0.3) is 27.8 Å². The number of halogens is 1. The van der Waals surface area contributed by atoms with E-state index in [1.165, 1.54) is 22.9 Å². The van der Waals surface area contributed by atoms with E-state index in [0.717, 1.165) is 10.8 Å². The van der Waals surface area contributed by atoms with Gasteiger partial charge in [-0.1, -0.05) is 41.9 Å². The summed E-state index contributed by atoms with van der Waals surface area (Å²) in [5.41, 5.74) is 1.52. The zero-order valence-electron chi connectivity index (χ0n) is 18.7. The zero-order chi connectivity index (χ0) is 24.7. The summed E-state index contributed by atoms with van der Waals surface area (Å²) < 4.78 is 35.9. The highest BCUT2D eigenvalue weighted by Gasteiger charge is 2.31. The number of esters is 1. The van der Waals surface area contributed by atoms with Crippen LogP contribution in [0.5, 0.6) is 0 Å². The van der Waals surface area contributed by atoms with Gasteiger partial charge in [-0.2, -0.15) is 5.10 Å². The maximum atomic E-state index is 12.5. The lowest BCUT2D eigenvalue weighted by atomic mass is 10.0. The topological polar surface area (TPSA) is 108 Å². The number of carbonyl (C=O) groups excluding carboxylic acids is 1. The number of hydrogen-bond acceptors (Lipinski definition) is 7. The minimum absolute atomic E-state index is 0.00720. The number of hydrogen-bond donors (Lipinski definition) is 0.